The minimum Gasteiger partial charge on any atom is -0.372 e. The van der Waals surface area contributed by atoms with Gasteiger partial charge in [-0.1, -0.05) is 62.9 Å². The highest BCUT2D eigenvalue weighted by Gasteiger charge is 2.33. The van der Waals surface area contributed by atoms with Crippen LogP contribution in [-0.4, -0.2) is 36.5 Å². The van der Waals surface area contributed by atoms with Gasteiger partial charge in [0.25, 0.3) is 0 Å². The summed E-state index contributed by atoms with van der Waals surface area (Å²) >= 11 is 0. The molecule has 1 saturated heterocycles. The maximum Gasteiger partial charge on any atom is 0.187 e. The van der Waals surface area contributed by atoms with Crippen molar-refractivity contribution in [3.63, 3.8) is 0 Å². The molecule has 0 N–H and O–H groups in total. The van der Waals surface area contributed by atoms with Crippen LogP contribution in [0.3, 0.4) is 0 Å². The summed E-state index contributed by atoms with van der Waals surface area (Å²) in [6.45, 7) is 6.41. The van der Waals surface area contributed by atoms with E-state index >= 15 is 0 Å². The highest BCUT2D eigenvalue weighted by atomic mass is 16.5. The summed E-state index contributed by atoms with van der Waals surface area (Å²) in [6, 6.07) is 9.55. The number of hydrogen-bond acceptors (Lipinski definition) is 3. The van der Waals surface area contributed by atoms with Crippen molar-refractivity contribution in [3.05, 3.63) is 47.7 Å². The number of carbonyl (C=O) groups is 1. The Morgan fingerprint density at radius 2 is 1.81 bits per heavy atom. The van der Waals surface area contributed by atoms with Crippen LogP contribution in [0.1, 0.15) is 75.6 Å². The molecule has 1 aromatic carbocycles. The molecule has 1 unspecified atom stereocenters. The summed E-state index contributed by atoms with van der Waals surface area (Å²) in [5, 5.41) is 0. The lowest BCUT2D eigenvalue weighted by atomic mass is 9.90. The van der Waals surface area contributed by atoms with Gasteiger partial charge in [-0.2, -0.15) is 0 Å². The van der Waals surface area contributed by atoms with Crippen LogP contribution in [0, 0.1) is 0 Å². The van der Waals surface area contributed by atoms with Gasteiger partial charge in [0.2, 0.25) is 0 Å². The van der Waals surface area contributed by atoms with Gasteiger partial charge in [0.15, 0.2) is 5.78 Å². The number of piperidine rings is 1. The number of methoxy groups -OCH3 is 1. The Morgan fingerprint density at radius 3 is 2.42 bits per heavy atom. The molecule has 144 valence electrons. The van der Waals surface area contributed by atoms with Crippen LogP contribution in [0.25, 0.3) is 0 Å². The van der Waals surface area contributed by atoms with E-state index < -0.39 is 5.60 Å². The first-order valence-electron chi connectivity index (χ1n) is 10.2. The molecule has 3 nitrogen and oxygen atoms in total. The number of likely N-dealkylation sites (tertiary alicyclic amines) is 1. The van der Waals surface area contributed by atoms with Crippen molar-refractivity contribution in [1.29, 1.82) is 0 Å². The largest absolute Gasteiger partial charge is 0.372 e. The first kappa shape index (κ1) is 20.7. The quantitative estimate of drug-likeness (QED) is 0.309. The molecule has 0 aliphatic carbocycles. The summed E-state index contributed by atoms with van der Waals surface area (Å²) in [7, 11) is 1.78. The number of ketones is 1. The van der Waals surface area contributed by atoms with Gasteiger partial charge in [0.05, 0.1) is 0 Å². The molecule has 2 rings (SSSR count). The molecule has 1 aromatic rings. The summed E-state index contributed by atoms with van der Waals surface area (Å²) < 4.78 is 6.01. The van der Waals surface area contributed by atoms with Crippen molar-refractivity contribution in [3.8, 4) is 0 Å². The Bertz CT molecular complexity index is 575. The fourth-order valence-corrected chi connectivity index (χ4v) is 3.75. The first-order valence-corrected chi connectivity index (χ1v) is 10.2. The third-order valence-electron chi connectivity index (χ3n) is 5.52. The van der Waals surface area contributed by atoms with Gasteiger partial charge < -0.3 is 9.64 Å². The fourth-order valence-electron chi connectivity index (χ4n) is 3.75. The Morgan fingerprint density at radius 1 is 1.12 bits per heavy atom. The van der Waals surface area contributed by atoms with Crippen LogP contribution >= 0.6 is 0 Å². The van der Waals surface area contributed by atoms with Crippen molar-refractivity contribution in [1.82, 2.24) is 4.90 Å². The maximum atomic E-state index is 12.9. The summed E-state index contributed by atoms with van der Waals surface area (Å²) in [4.78, 5) is 15.3. The molecule has 0 aromatic heterocycles. The van der Waals surface area contributed by atoms with Gasteiger partial charge in [0.1, 0.15) is 5.60 Å². The summed E-state index contributed by atoms with van der Waals surface area (Å²) in [5.74, 6) is 0.0722. The van der Waals surface area contributed by atoms with Crippen LogP contribution in [0.15, 0.2) is 42.1 Å². The molecule has 0 spiro atoms. The van der Waals surface area contributed by atoms with E-state index in [9.17, 15) is 4.79 Å². The summed E-state index contributed by atoms with van der Waals surface area (Å²) in [6.07, 6.45) is 11.3. The zero-order chi connectivity index (χ0) is 18.8. The number of carbonyl (C=O) groups excluding carboxylic acids is 1. The topological polar surface area (TPSA) is 29.5 Å². The maximum absolute atomic E-state index is 12.9. The van der Waals surface area contributed by atoms with Gasteiger partial charge in [-0.15, -0.1) is 0 Å². The van der Waals surface area contributed by atoms with E-state index in [1.54, 1.807) is 7.11 Å². The predicted molar refractivity (Wildman–Crippen MR) is 108 cm³/mol. The lowest BCUT2D eigenvalue weighted by Gasteiger charge is -2.40. The van der Waals surface area contributed by atoms with Crippen molar-refractivity contribution < 1.29 is 9.53 Å². The first-order chi connectivity index (χ1) is 12.6. The molecular weight excluding hydrogens is 322 g/mol. The van der Waals surface area contributed by atoms with Crippen molar-refractivity contribution in [2.45, 2.75) is 70.8 Å². The van der Waals surface area contributed by atoms with Crippen LogP contribution < -0.4 is 0 Å². The minimum atomic E-state index is -0.407. The van der Waals surface area contributed by atoms with Crippen LogP contribution in [0.4, 0.5) is 0 Å². The normalized spacial score (nSPS) is 17.8. The summed E-state index contributed by atoms with van der Waals surface area (Å²) in [5.41, 5.74) is 1.40. The van der Waals surface area contributed by atoms with Gasteiger partial charge in [-0.25, -0.2) is 0 Å². The average Bonchev–Trinajstić information content (AvgIpc) is 2.70. The number of benzene rings is 1. The second-order valence-corrected chi connectivity index (χ2v) is 7.55. The van der Waals surface area contributed by atoms with Gasteiger partial charge in [-0.3, -0.25) is 4.79 Å². The van der Waals surface area contributed by atoms with E-state index in [-0.39, 0.29) is 5.78 Å². The van der Waals surface area contributed by atoms with Gasteiger partial charge in [-0.05, 0) is 32.6 Å². The van der Waals surface area contributed by atoms with Gasteiger partial charge in [0, 0.05) is 37.5 Å². The van der Waals surface area contributed by atoms with Crippen molar-refractivity contribution in [2.75, 3.05) is 20.2 Å². The van der Waals surface area contributed by atoms with Crippen LogP contribution in [-0.2, 0) is 4.74 Å². The fraction of sp³-hybridized carbons (Fsp3) is 0.609. The molecular formula is C23H35NO2. The molecule has 0 amide bonds. The number of rotatable bonds is 10. The molecule has 0 bridgehead atoms. The lowest BCUT2D eigenvalue weighted by molar-refractivity contribution is 0.00211. The van der Waals surface area contributed by atoms with Gasteiger partial charge >= 0.3 is 0 Å². The Hall–Kier alpha value is -1.61. The number of ether oxygens (including phenoxy) is 1. The van der Waals surface area contributed by atoms with E-state index in [0.717, 1.165) is 37.2 Å². The van der Waals surface area contributed by atoms with E-state index in [2.05, 4.69) is 18.7 Å². The molecule has 0 radical (unpaired) electrons. The molecule has 1 atom stereocenters. The molecule has 1 aliphatic rings. The molecule has 1 aliphatic heterocycles. The number of hydrogen-bond donors (Lipinski definition) is 0. The Labute approximate surface area is 159 Å². The third-order valence-corrected chi connectivity index (χ3v) is 5.52. The van der Waals surface area contributed by atoms with E-state index in [0.29, 0.717) is 0 Å². The lowest BCUT2D eigenvalue weighted by Crippen LogP contribution is -2.42. The highest BCUT2D eigenvalue weighted by molar-refractivity contribution is 6.05. The van der Waals surface area contributed by atoms with E-state index in [1.807, 2.05) is 36.4 Å². The van der Waals surface area contributed by atoms with Crippen molar-refractivity contribution >= 4 is 5.78 Å². The number of allylic oxidation sites excluding steroid dienone is 1. The van der Waals surface area contributed by atoms with Crippen LogP contribution in [0.2, 0.25) is 0 Å². The van der Waals surface area contributed by atoms with E-state index in [1.165, 1.54) is 38.5 Å². The monoisotopic (exact) mass is 357 g/mol. The second kappa shape index (κ2) is 10.5. The Balaban J connectivity index is 2.26. The van der Waals surface area contributed by atoms with Crippen LogP contribution in [0.5, 0.6) is 0 Å². The minimum absolute atomic E-state index is 0.0722. The molecule has 0 saturated carbocycles. The second-order valence-electron chi connectivity index (χ2n) is 7.55. The molecule has 1 heterocycles. The average molecular weight is 358 g/mol. The SMILES string of the molecule is CCCCCCC(C)(OC)/C(=C/C(=O)c1ccccc1)N1CCCCC1. The zero-order valence-corrected chi connectivity index (χ0v) is 16.8. The highest BCUT2D eigenvalue weighted by Crippen LogP contribution is 2.32. The number of unbranched alkanes of at least 4 members (excludes halogenated alkanes) is 3. The smallest absolute Gasteiger partial charge is 0.187 e. The van der Waals surface area contributed by atoms with E-state index in [4.69, 9.17) is 4.74 Å². The molecule has 3 heteroatoms. The standard InChI is InChI=1S/C23H35NO2/c1-4-5-6-11-16-23(2,26-3)22(24-17-12-8-13-18-24)19-21(25)20-14-9-7-10-15-20/h7,9-10,14-15,19H,4-6,8,11-13,16-18H2,1-3H3/b22-19-. The molecule has 1 fully saturated rings. The molecule has 26 heavy (non-hydrogen) atoms. The predicted octanol–water partition coefficient (Wildman–Crippen LogP) is 5.61. The zero-order valence-electron chi connectivity index (χ0n) is 16.8. The number of nitrogens with zero attached hydrogens (tertiary/aromatic N) is 1. The third kappa shape index (κ3) is 5.70. The van der Waals surface area contributed by atoms with Crippen molar-refractivity contribution in [2.24, 2.45) is 0 Å². The Kier molecular flexibility index (Phi) is 8.37.